The molecule has 1 aliphatic heterocycles. The fourth-order valence-electron chi connectivity index (χ4n) is 3.08. The van der Waals surface area contributed by atoms with Gasteiger partial charge in [-0.2, -0.15) is 0 Å². The van der Waals surface area contributed by atoms with Gasteiger partial charge in [0.1, 0.15) is 6.33 Å². The summed E-state index contributed by atoms with van der Waals surface area (Å²) in [6.45, 7) is 6.33. The average molecular weight is 303 g/mol. The highest BCUT2D eigenvalue weighted by Crippen LogP contribution is 2.23. The number of hydrogen-bond acceptors (Lipinski definition) is 6. The predicted octanol–water partition coefficient (Wildman–Crippen LogP) is 0.831. The molecule has 1 aliphatic rings. The molecule has 0 spiro atoms. The quantitative estimate of drug-likeness (QED) is 0.883. The zero-order chi connectivity index (χ0) is 15.5. The third-order valence-electron chi connectivity index (χ3n) is 4.40. The number of nitrogens with zero attached hydrogens (tertiary/aromatic N) is 6. The minimum Gasteiger partial charge on any atom is -0.350 e. The lowest BCUT2D eigenvalue weighted by Crippen LogP contribution is -2.58. The minimum atomic E-state index is 0.356. The Bertz CT molecular complexity index is 623. The molecular formula is C15H25N7. The summed E-state index contributed by atoms with van der Waals surface area (Å²) in [6.07, 6.45) is 6.27. The van der Waals surface area contributed by atoms with Crippen molar-refractivity contribution in [3.8, 4) is 0 Å². The van der Waals surface area contributed by atoms with E-state index in [1.807, 2.05) is 18.7 Å². The van der Waals surface area contributed by atoms with Crippen LogP contribution in [-0.4, -0.2) is 63.8 Å². The number of imidazole rings is 1. The third-order valence-corrected chi connectivity index (χ3v) is 4.40. The SMILES string of the molecule is CCCCN1CCN(c2ncnc3c2ncn3C)CC1NC. The van der Waals surface area contributed by atoms with Gasteiger partial charge in [0.05, 0.1) is 12.5 Å². The molecule has 3 rings (SSSR count). The van der Waals surface area contributed by atoms with Crippen LogP contribution in [0.15, 0.2) is 12.7 Å². The number of aryl methyl sites for hydroxylation is 1. The number of anilines is 1. The number of aromatic nitrogens is 4. The molecule has 7 heteroatoms. The molecule has 0 saturated carbocycles. The first-order valence-corrected chi connectivity index (χ1v) is 8.03. The van der Waals surface area contributed by atoms with Crippen molar-refractivity contribution in [2.24, 2.45) is 7.05 Å². The second-order valence-corrected chi connectivity index (χ2v) is 5.86. The maximum absolute atomic E-state index is 4.49. The summed E-state index contributed by atoms with van der Waals surface area (Å²) in [5.74, 6) is 0.945. The first-order valence-electron chi connectivity index (χ1n) is 8.03. The molecule has 120 valence electrons. The summed E-state index contributed by atoms with van der Waals surface area (Å²) in [7, 11) is 3.99. The van der Waals surface area contributed by atoms with Gasteiger partial charge < -0.3 is 14.8 Å². The van der Waals surface area contributed by atoms with Crippen LogP contribution in [-0.2, 0) is 7.05 Å². The fraction of sp³-hybridized carbons (Fsp3) is 0.667. The van der Waals surface area contributed by atoms with Crippen molar-refractivity contribution >= 4 is 17.0 Å². The van der Waals surface area contributed by atoms with Crippen molar-refractivity contribution in [2.45, 2.75) is 25.9 Å². The van der Waals surface area contributed by atoms with Gasteiger partial charge in [-0.05, 0) is 20.0 Å². The number of piperazine rings is 1. The highest BCUT2D eigenvalue weighted by atomic mass is 15.4. The Morgan fingerprint density at radius 2 is 2.14 bits per heavy atom. The summed E-state index contributed by atoms with van der Waals surface area (Å²) >= 11 is 0. The Hall–Kier alpha value is -1.73. The van der Waals surface area contributed by atoms with E-state index in [1.54, 1.807) is 12.7 Å². The van der Waals surface area contributed by atoms with Gasteiger partial charge >= 0.3 is 0 Å². The standard InChI is InChI=1S/C15H25N7/c1-4-5-6-21-7-8-22(9-12(21)16-2)15-13-14(17-10-18-15)20(3)11-19-13/h10-12,16H,4-9H2,1-3H3. The molecule has 0 bridgehead atoms. The predicted molar refractivity (Wildman–Crippen MR) is 87.8 cm³/mol. The molecule has 1 unspecified atom stereocenters. The first kappa shape index (κ1) is 15.2. The lowest BCUT2D eigenvalue weighted by atomic mass is 10.2. The van der Waals surface area contributed by atoms with Crippen molar-refractivity contribution in [1.29, 1.82) is 0 Å². The molecule has 7 nitrogen and oxygen atoms in total. The Labute approximate surface area is 131 Å². The average Bonchev–Trinajstić information content (AvgIpc) is 2.94. The maximum atomic E-state index is 4.49. The molecule has 1 atom stereocenters. The molecule has 3 heterocycles. The second kappa shape index (κ2) is 6.58. The Morgan fingerprint density at radius 3 is 2.91 bits per heavy atom. The van der Waals surface area contributed by atoms with E-state index in [4.69, 9.17) is 0 Å². The van der Waals surface area contributed by atoms with Crippen LogP contribution in [0.4, 0.5) is 5.82 Å². The maximum Gasteiger partial charge on any atom is 0.165 e. The van der Waals surface area contributed by atoms with Crippen LogP contribution < -0.4 is 10.2 Å². The number of rotatable bonds is 5. The minimum absolute atomic E-state index is 0.356. The van der Waals surface area contributed by atoms with Crippen LogP contribution in [0.5, 0.6) is 0 Å². The van der Waals surface area contributed by atoms with Gasteiger partial charge in [0, 0.05) is 26.7 Å². The van der Waals surface area contributed by atoms with Gasteiger partial charge in [-0.25, -0.2) is 15.0 Å². The number of fused-ring (bicyclic) bond motifs is 1. The van der Waals surface area contributed by atoms with Crippen LogP contribution in [0.1, 0.15) is 19.8 Å². The van der Waals surface area contributed by atoms with Crippen LogP contribution >= 0.6 is 0 Å². The van der Waals surface area contributed by atoms with Crippen molar-refractivity contribution in [2.75, 3.05) is 38.1 Å². The van der Waals surface area contributed by atoms with E-state index in [0.29, 0.717) is 6.17 Å². The highest BCUT2D eigenvalue weighted by molar-refractivity contribution is 5.83. The van der Waals surface area contributed by atoms with E-state index in [1.165, 1.54) is 12.8 Å². The number of hydrogen-bond donors (Lipinski definition) is 1. The van der Waals surface area contributed by atoms with Gasteiger partial charge in [0.25, 0.3) is 0 Å². The van der Waals surface area contributed by atoms with Crippen LogP contribution in [0.2, 0.25) is 0 Å². The van der Waals surface area contributed by atoms with Crippen molar-refractivity contribution in [1.82, 2.24) is 29.7 Å². The van der Waals surface area contributed by atoms with Crippen LogP contribution in [0.3, 0.4) is 0 Å². The molecular weight excluding hydrogens is 278 g/mol. The summed E-state index contributed by atoms with van der Waals surface area (Å²) in [6, 6.07) is 0. The molecule has 2 aromatic rings. The molecule has 1 fully saturated rings. The zero-order valence-electron chi connectivity index (χ0n) is 13.7. The van der Waals surface area contributed by atoms with Gasteiger partial charge in [-0.1, -0.05) is 13.3 Å². The summed E-state index contributed by atoms with van der Waals surface area (Å²) in [4.78, 5) is 18.1. The smallest absolute Gasteiger partial charge is 0.165 e. The highest BCUT2D eigenvalue weighted by Gasteiger charge is 2.27. The Kier molecular flexibility index (Phi) is 4.54. The number of likely N-dealkylation sites (N-methyl/N-ethyl adjacent to an activating group) is 1. The summed E-state index contributed by atoms with van der Waals surface area (Å²) in [5.41, 5.74) is 1.78. The van der Waals surface area contributed by atoms with E-state index >= 15 is 0 Å². The summed E-state index contributed by atoms with van der Waals surface area (Å²) in [5, 5.41) is 3.43. The van der Waals surface area contributed by atoms with Gasteiger partial charge in [-0.15, -0.1) is 0 Å². The lowest BCUT2D eigenvalue weighted by Gasteiger charge is -2.41. The van der Waals surface area contributed by atoms with Crippen molar-refractivity contribution < 1.29 is 0 Å². The zero-order valence-corrected chi connectivity index (χ0v) is 13.7. The molecule has 0 aliphatic carbocycles. The molecule has 0 radical (unpaired) electrons. The van der Waals surface area contributed by atoms with Crippen LogP contribution in [0.25, 0.3) is 11.2 Å². The summed E-state index contributed by atoms with van der Waals surface area (Å²) < 4.78 is 1.94. The number of unbranched alkanes of at least 4 members (excludes halogenated alkanes) is 1. The molecule has 0 aromatic carbocycles. The van der Waals surface area contributed by atoms with Crippen molar-refractivity contribution in [3.05, 3.63) is 12.7 Å². The molecule has 1 saturated heterocycles. The second-order valence-electron chi connectivity index (χ2n) is 5.86. The molecule has 0 amide bonds. The van der Waals surface area contributed by atoms with Crippen LogP contribution in [0, 0.1) is 0 Å². The third kappa shape index (κ3) is 2.78. The molecule has 2 aromatic heterocycles. The largest absolute Gasteiger partial charge is 0.350 e. The normalized spacial score (nSPS) is 20.0. The fourth-order valence-corrected chi connectivity index (χ4v) is 3.08. The van der Waals surface area contributed by atoms with E-state index in [9.17, 15) is 0 Å². The Balaban J connectivity index is 1.81. The van der Waals surface area contributed by atoms with Gasteiger partial charge in [0.15, 0.2) is 17.0 Å². The van der Waals surface area contributed by atoms with E-state index in [-0.39, 0.29) is 0 Å². The van der Waals surface area contributed by atoms with Gasteiger partial charge in [0.2, 0.25) is 0 Å². The topological polar surface area (TPSA) is 62.1 Å². The van der Waals surface area contributed by atoms with Crippen molar-refractivity contribution in [3.63, 3.8) is 0 Å². The van der Waals surface area contributed by atoms with E-state index in [2.05, 4.69) is 37.0 Å². The Morgan fingerprint density at radius 1 is 1.27 bits per heavy atom. The molecule has 1 N–H and O–H groups in total. The van der Waals surface area contributed by atoms with Gasteiger partial charge in [-0.3, -0.25) is 4.90 Å². The van der Waals surface area contributed by atoms with E-state index < -0.39 is 0 Å². The van der Waals surface area contributed by atoms with E-state index in [0.717, 1.165) is 43.2 Å². The monoisotopic (exact) mass is 303 g/mol. The molecule has 22 heavy (non-hydrogen) atoms. The first-order chi connectivity index (χ1) is 10.7. The lowest BCUT2D eigenvalue weighted by molar-refractivity contribution is 0.152. The number of nitrogens with one attached hydrogen (secondary N) is 1.